The van der Waals surface area contributed by atoms with Crippen molar-refractivity contribution in [3.8, 4) is 0 Å². The first kappa shape index (κ1) is 14.0. The fourth-order valence-corrected chi connectivity index (χ4v) is 3.44. The van der Waals surface area contributed by atoms with E-state index in [1.165, 1.54) is 43.3 Å². The van der Waals surface area contributed by atoms with Crippen LogP contribution in [-0.4, -0.2) is 24.7 Å². The van der Waals surface area contributed by atoms with Gasteiger partial charge in [0.1, 0.15) is 11.6 Å². The van der Waals surface area contributed by atoms with Crippen molar-refractivity contribution in [2.24, 2.45) is 0 Å². The standard InChI is InChI=1S/C15H19N5OS/c1-8-9(2)16-15(17-14(8)21)22-7-12-18-19-13(10-3-4-10)20(12)11-5-6-11/h10-11H,3-7H2,1-2H3,(H,16,17,21). The Morgan fingerprint density at radius 1 is 1.23 bits per heavy atom. The number of aryl methyl sites for hydroxylation is 1. The number of H-pyrrole nitrogens is 1. The number of rotatable bonds is 5. The van der Waals surface area contributed by atoms with Crippen LogP contribution in [0.25, 0.3) is 0 Å². The Bertz CT molecular complexity index is 773. The van der Waals surface area contributed by atoms with Crippen molar-refractivity contribution in [2.45, 2.75) is 62.4 Å². The van der Waals surface area contributed by atoms with Gasteiger partial charge in [-0.15, -0.1) is 10.2 Å². The third kappa shape index (κ3) is 2.58. The molecule has 4 rings (SSSR count). The van der Waals surface area contributed by atoms with Crippen LogP contribution >= 0.6 is 11.8 Å². The summed E-state index contributed by atoms with van der Waals surface area (Å²) in [5, 5.41) is 9.46. The average Bonchev–Trinajstić information content (AvgIpc) is 3.41. The Morgan fingerprint density at radius 3 is 2.64 bits per heavy atom. The predicted molar refractivity (Wildman–Crippen MR) is 84.2 cm³/mol. The van der Waals surface area contributed by atoms with Gasteiger partial charge >= 0.3 is 0 Å². The third-order valence-electron chi connectivity index (χ3n) is 4.36. The molecule has 0 aromatic carbocycles. The molecule has 2 aliphatic rings. The molecule has 0 unspecified atom stereocenters. The van der Waals surface area contributed by atoms with Crippen molar-refractivity contribution in [3.63, 3.8) is 0 Å². The lowest BCUT2D eigenvalue weighted by atomic mass is 10.3. The maximum absolute atomic E-state index is 11.8. The van der Waals surface area contributed by atoms with Crippen molar-refractivity contribution < 1.29 is 0 Å². The number of aromatic nitrogens is 5. The van der Waals surface area contributed by atoms with E-state index in [4.69, 9.17) is 0 Å². The van der Waals surface area contributed by atoms with E-state index in [-0.39, 0.29) is 5.56 Å². The molecule has 0 saturated heterocycles. The third-order valence-corrected chi connectivity index (χ3v) is 5.23. The predicted octanol–water partition coefficient (Wildman–Crippen LogP) is 2.48. The van der Waals surface area contributed by atoms with Gasteiger partial charge in [0, 0.05) is 23.2 Å². The molecular weight excluding hydrogens is 298 g/mol. The van der Waals surface area contributed by atoms with Gasteiger partial charge in [0.2, 0.25) is 0 Å². The Labute approximate surface area is 132 Å². The molecule has 2 aromatic rings. The van der Waals surface area contributed by atoms with Crippen LogP contribution in [-0.2, 0) is 5.75 Å². The summed E-state index contributed by atoms with van der Waals surface area (Å²) in [5.74, 6) is 3.49. The van der Waals surface area contributed by atoms with Gasteiger partial charge < -0.3 is 9.55 Å². The molecule has 2 aliphatic carbocycles. The summed E-state index contributed by atoms with van der Waals surface area (Å²) < 4.78 is 2.34. The Hall–Kier alpha value is -1.63. The summed E-state index contributed by atoms with van der Waals surface area (Å²) in [6.07, 6.45) is 4.94. The molecule has 2 fully saturated rings. The highest BCUT2D eigenvalue weighted by molar-refractivity contribution is 7.98. The highest BCUT2D eigenvalue weighted by atomic mass is 32.2. The van der Waals surface area contributed by atoms with Crippen LogP contribution in [0.2, 0.25) is 0 Å². The second-order valence-electron chi connectivity index (χ2n) is 6.22. The lowest BCUT2D eigenvalue weighted by Gasteiger charge is -2.08. The smallest absolute Gasteiger partial charge is 0.254 e. The fraction of sp³-hybridized carbons (Fsp3) is 0.600. The van der Waals surface area contributed by atoms with Crippen LogP contribution < -0.4 is 5.56 Å². The second-order valence-corrected chi connectivity index (χ2v) is 7.18. The van der Waals surface area contributed by atoms with E-state index in [2.05, 4.69) is 24.7 Å². The Kier molecular flexibility index (Phi) is 3.32. The summed E-state index contributed by atoms with van der Waals surface area (Å²) in [7, 11) is 0. The number of nitrogens with zero attached hydrogens (tertiary/aromatic N) is 4. The quantitative estimate of drug-likeness (QED) is 0.677. The molecule has 7 heteroatoms. The van der Waals surface area contributed by atoms with Crippen LogP contribution in [0.4, 0.5) is 0 Å². The minimum atomic E-state index is -0.0580. The van der Waals surface area contributed by atoms with E-state index in [1.807, 2.05) is 6.92 Å². The first-order chi connectivity index (χ1) is 10.6. The van der Waals surface area contributed by atoms with Crippen LogP contribution in [0.5, 0.6) is 0 Å². The summed E-state index contributed by atoms with van der Waals surface area (Å²) in [6, 6.07) is 0.591. The van der Waals surface area contributed by atoms with Gasteiger partial charge in [0.05, 0.1) is 5.75 Å². The summed E-state index contributed by atoms with van der Waals surface area (Å²) in [4.78, 5) is 19.1. The summed E-state index contributed by atoms with van der Waals surface area (Å²) in [5.41, 5.74) is 1.41. The van der Waals surface area contributed by atoms with Gasteiger partial charge in [-0.25, -0.2) is 4.98 Å². The number of hydrogen-bond acceptors (Lipinski definition) is 5. The van der Waals surface area contributed by atoms with Crippen LogP contribution in [0, 0.1) is 13.8 Å². The van der Waals surface area contributed by atoms with E-state index in [1.54, 1.807) is 6.92 Å². The molecule has 0 aliphatic heterocycles. The number of nitrogens with one attached hydrogen (secondary N) is 1. The molecular formula is C15H19N5OS. The highest BCUT2D eigenvalue weighted by Crippen LogP contribution is 2.45. The first-order valence-corrected chi connectivity index (χ1v) is 8.76. The van der Waals surface area contributed by atoms with Crippen LogP contribution in [0.1, 0.15) is 60.5 Å². The number of aromatic amines is 1. The van der Waals surface area contributed by atoms with Gasteiger partial charge in [-0.2, -0.15) is 0 Å². The summed E-state index contributed by atoms with van der Waals surface area (Å²) in [6.45, 7) is 3.66. The van der Waals surface area contributed by atoms with Crippen molar-refractivity contribution in [3.05, 3.63) is 33.3 Å². The SMILES string of the molecule is Cc1nc(SCc2nnc(C3CC3)n2C2CC2)[nH]c(=O)c1C. The molecule has 0 atom stereocenters. The van der Waals surface area contributed by atoms with E-state index >= 15 is 0 Å². The molecule has 22 heavy (non-hydrogen) atoms. The lowest BCUT2D eigenvalue weighted by Crippen LogP contribution is -2.14. The minimum absolute atomic E-state index is 0.0580. The zero-order chi connectivity index (χ0) is 15.3. The van der Waals surface area contributed by atoms with E-state index in [9.17, 15) is 4.79 Å². The van der Waals surface area contributed by atoms with E-state index in [0.29, 0.717) is 28.4 Å². The van der Waals surface area contributed by atoms with Gasteiger partial charge in [-0.05, 0) is 39.5 Å². The molecule has 0 bridgehead atoms. The molecule has 0 spiro atoms. The van der Waals surface area contributed by atoms with Gasteiger partial charge in [-0.1, -0.05) is 11.8 Å². The van der Waals surface area contributed by atoms with Crippen molar-refractivity contribution >= 4 is 11.8 Å². The van der Waals surface area contributed by atoms with Crippen LogP contribution in [0.15, 0.2) is 9.95 Å². The second kappa shape index (κ2) is 5.22. The molecule has 2 heterocycles. The first-order valence-electron chi connectivity index (χ1n) is 7.77. The Morgan fingerprint density at radius 2 is 2.00 bits per heavy atom. The van der Waals surface area contributed by atoms with Crippen LogP contribution in [0.3, 0.4) is 0 Å². The minimum Gasteiger partial charge on any atom is -0.311 e. The van der Waals surface area contributed by atoms with Crippen molar-refractivity contribution in [1.82, 2.24) is 24.7 Å². The zero-order valence-corrected chi connectivity index (χ0v) is 13.6. The largest absolute Gasteiger partial charge is 0.311 e. The Balaban J connectivity index is 1.56. The maximum atomic E-state index is 11.8. The maximum Gasteiger partial charge on any atom is 0.254 e. The molecule has 6 nitrogen and oxygen atoms in total. The lowest BCUT2D eigenvalue weighted by molar-refractivity contribution is 0.660. The highest BCUT2D eigenvalue weighted by Gasteiger charge is 2.36. The van der Waals surface area contributed by atoms with Gasteiger partial charge in [-0.3, -0.25) is 4.79 Å². The number of thioether (sulfide) groups is 1. The molecule has 2 aromatic heterocycles. The van der Waals surface area contributed by atoms with Gasteiger partial charge in [0.15, 0.2) is 5.16 Å². The van der Waals surface area contributed by atoms with E-state index in [0.717, 1.165) is 11.5 Å². The van der Waals surface area contributed by atoms with E-state index < -0.39 is 0 Å². The monoisotopic (exact) mass is 317 g/mol. The molecule has 1 N–H and O–H groups in total. The molecule has 0 amide bonds. The van der Waals surface area contributed by atoms with Gasteiger partial charge in [0.25, 0.3) is 5.56 Å². The summed E-state index contributed by atoms with van der Waals surface area (Å²) >= 11 is 1.53. The fourth-order valence-electron chi connectivity index (χ4n) is 2.61. The topological polar surface area (TPSA) is 76.5 Å². The van der Waals surface area contributed by atoms with Crippen molar-refractivity contribution in [2.75, 3.05) is 0 Å². The molecule has 2 saturated carbocycles. The van der Waals surface area contributed by atoms with Crippen molar-refractivity contribution in [1.29, 1.82) is 0 Å². The molecule has 116 valence electrons. The average molecular weight is 317 g/mol. The normalized spacial score (nSPS) is 17.9. The zero-order valence-electron chi connectivity index (χ0n) is 12.8. The molecule has 0 radical (unpaired) electrons. The number of hydrogen-bond donors (Lipinski definition) is 1.